The Kier molecular flexibility index (Phi) is 7.67. The number of halogens is 3. The van der Waals surface area contributed by atoms with Crippen molar-refractivity contribution in [1.29, 1.82) is 0 Å². The number of anilines is 1. The Balaban J connectivity index is 2.01. The molecule has 1 fully saturated rings. The number of hydrogen-bond acceptors (Lipinski definition) is 3. The average Bonchev–Trinajstić information content (AvgIpc) is 2.60. The highest BCUT2D eigenvalue weighted by Crippen LogP contribution is 2.21. The summed E-state index contributed by atoms with van der Waals surface area (Å²) >= 11 is 0. The first-order chi connectivity index (χ1) is 12.7. The van der Waals surface area contributed by atoms with Gasteiger partial charge in [-0.1, -0.05) is 44.9 Å². The third-order valence-corrected chi connectivity index (χ3v) is 6.14. The normalized spacial score (nSPS) is 18.0. The third-order valence-electron chi connectivity index (χ3n) is 4.61. The molecule has 1 aromatic carbocycles. The van der Waals surface area contributed by atoms with Crippen molar-refractivity contribution in [3.8, 4) is 0 Å². The zero-order chi connectivity index (χ0) is 19.9. The number of sulfonamides is 1. The number of nitrogens with one attached hydrogen (secondary N) is 2. The monoisotopic (exact) mass is 406 g/mol. The van der Waals surface area contributed by atoms with Crippen LogP contribution in [0.2, 0.25) is 0 Å². The van der Waals surface area contributed by atoms with Crippen LogP contribution in [0, 0.1) is 0 Å². The molecule has 0 atom stereocenters. The van der Waals surface area contributed by atoms with Crippen molar-refractivity contribution in [2.75, 3.05) is 5.32 Å². The van der Waals surface area contributed by atoms with Gasteiger partial charge in [0.1, 0.15) is 0 Å². The van der Waals surface area contributed by atoms with E-state index in [2.05, 4.69) is 4.72 Å². The van der Waals surface area contributed by atoms with Gasteiger partial charge in [0.2, 0.25) is 10.0 Å². The van der Waals surface area contributed by atoms with E-state index in [0.717, 1.165) is 50.7 Å². The summed E-state index contributed by atoms with van der Waals surface area (Å²) in [6.07, 6.45) is 4.24. The molecular weight excluding hydrogens is 381 g/mol. The van der Waals surface area contributed by atoms with Crippen LogP contribution in [0.1, 0.15) is 57.8 Å². The Morgan fingerprint density at radius 2 is 1.37 bits per heavy atom. The molecule has 0 spiro atoms. The molecule has 2 N–H and O–H groups in total. The molecule has 1 aliphatic rings. The third kappa shape index (κ3) is 7.14. The highest BCUT2D eigenvalue weighted by Gasteiger charge is 2.38. The molecule has 0 aromatic heterocycles. The summed E-state index contributed by atoms with van der Waals surface area (Å²) in [6, 6.07) is 4.53. The van der Waals surface area contributed by atoms with Gasteiger partial charge in [0.25, 0.3) is 0 Å². The highest BCUT2D eigenvalue weighted by molar-refractivity contribution is 7.89. The van der Waals surface area contributed by atoms with E-state index in [-0.39, 0.29) is 16.6 Å². The fraction of sp³-hybridized carbons (Fsp3) is 0.611. The lowest BCUT2D eigenvalue weighted by atomic mass is 9.98. The molecule has 1 saturated carbocycles. The molecule has 0 radical (unpaired) electrons. The number of alkyl halides is 3. The van der Waals surface area contributed by atoms with E-state index < -0.39 is 22.1 Å². The van der Waals surface area contributed by atoms with Crippen molar-refractivity contribution in [2.45, 2.75) is 74.9 Å². The second kappa shape index (κ2) is 9.54. The molecule has 0 bridgehead atoms. The van der Waals surface area contributed by atoms with Crippen LogP contribution in [-0.2, 0) is 14.8 Å². The standard InChI is InChI=1S/C18H25F3N2O3S/c19-18(20,21)17(24)22-14-10-12-16(13-11-14)27(25,26)23-15-8-6-4-2-1-3-5-7-9-15/h10-13,15,23H,1-9H2,(H,22,24). The maximum Gasteiger partial charge on any atom is 0.471 e. The molecule has 1 aliphatic carbocycles. The summed E-state index contributed by atoms with van der Waals surface area (Å²) in [5, 5.41) is 1.69. The summed E-state index contributed by atoms with van der Waals surface area (Å²) < 4.78 is 64.6. The van der Waals surface area contributed by atoms with E-state index in [0.29, 0.717) is 0 Å². The zero-order valence-electron chi connectivity index (χ0n) is 15.0. The Labute approximate surface area is 157 Å². The van der Waals surface area contributed by atoms with Gasteiger partial charge >= 0.3 is 12.1 Å². The number of hydrogen-bond donors (Lipinski definition) is 2. The molecule has 1 amide bonds. The molecule has 152 valence electrons. The molecular formula is C18H25F3N2O3S. The van der Waals surface area contributed by atoms with Gasteiger partial charge in [-0.2, -0.15) is 13.2 Å². The summed E-state index contributed by atoms with van der Waals surface area (Å²) in [5.74, 6) is -2.10. The SMILES string of the molecule is O=C(Nc1ccc(S(=O)(=O)NC2CCCCCCCCC2)cc1)C(F)(F)F. The van der Waals surface area contributed by atoms with E-state index in [1.807, 2.05) is 0 Å². The van der Waals surface area contributed by atoms with Gasteiger partial charge in [-0.05, 0) is 37.1 Å². The summed E-state index contributed by atoms with van der Waals surface area (Å²) in [7, 11) is -3.77. The fourth-order valence-electron chi connectivity index (χ4n) is 3.13. The van der Waals surface area contributed by atoms with Gasteiger partial charge in [-0.15, -0.1) is 0 Å². The molecule has 1 aromatic rings. The van der Waals surface area contributed by atoms with E-state index in [9.17, 15) is 26.4 Å². The van der Waals surface area contributed by atoms with Gasteiger partial charge in [0.15, 0.2) is 0 Å². The van der Waals surface area contributed by atoms with Crippen molar-refractivity contribution < 1.29 is 26.4 Å². The summed E-state index contributed by atoms with van der Waals surface area (Å²) in [5.41, 5.74) is -0.116. The van der Waals surface area contributed by atoms with Crippen LogP contribution in [0.25, 0.3) is 0 Å². The highest BCUT2D eigenvalue weighted by atomic mass is 32.2. The largest absolute Gasteiger partial charge is 0.471 e. The molecule has 9 heteroatoms. The van der Waals surface area contributed by atoms with E-state index in [1.54, 1.807) is 5.32 Å². The lowest BCUT2D eigenvalue weighted by Gasteiger charge is -2.20. The smallest absolute Gasteiger partial charge is 0.318 e. The lowest BCUT2D eigenvalue weighted by molar-refractivity contribution is -0.167. The number of carbonyl (C=O) groups is 1. The van der Waals surface area contributed by atoms with Crippen LogP contribution >= 0.6 is 0 Å². The molecule has 27 heavy (non-hydrogen) atoms. The predicted octanol–water partition coefficient (Wildman–Crippen LogP) is 4.36. The van der Waals surface area contributed by atoms with Crippen molar-refractivity contribution in [2.24, 2.45) is 0 Å². The van der Waals surface area contributed by atoms with Crippen molar-refractivity contribution in [1.82, 2.24) is 4.72 Å². The Morgan fingerprint density at radius 3 is 1.85 bits per heavy atom. The average molecular weight is 406 g/mol. The topological polar surface area (TPSA) is 75.3 Å². The molecule has 0 unspecified atom stereocenters. The lowest BCUT2D eigenvalue weighted by Crippen LogP contribution is -2.35. The second-order valence-corrected chi connectivity index (χ2v) is 8.56. The van der Waals surface area contributed by atoms with Gasteiger partial charge in [-0.3, -0.25) is 4.79 Å². The number of benzene rings is 1. The molecule has 0 saturated heterocycles. The minimum absolute atomic E-state index is 0.0374. The first kappa shape index (κ1) is 21.7. The summed E-state index contributed by atoms with van der Waals surface area (Å²) in [6.45, 7) is 0. The summed E-state index contributed by atoms with van der Waals surface area (Å²) in [4.78, 5) is 10.9. The predicted molar refractivity (Wildman–Crippen MR) is 96.8 cm³/mol. The van der Waals surface area contributed by atoms with Gasteiger partial charge < -0.3 is 5.32 Å². The Morgan fingerprint density at radius 1 is 0.889 bits per heavy atom. The minimum atomic E-state index is -5.00. The van der Waals surface area contributed by atoms with E-state index >= 15 is 0 Å². The first-order valence-corrected chi connectivity index (χ1v) is 10.7. The zero-order valence-corrected chi connectivity index (χ0v) is 15.8. The quantitative estimate of drug-likeness (QED) is 0.780. The fourth-order valence-corrected chi connectivity index (χ4v) is 4.44. The second-order valence-electron chi connectivity index (χ2n) is 6.85. The van der Waals surface area contributed by atoms with Crippen LogP contribution in [0.15, 0.2) is 29.2 Å². The molecule has 0 heterocycles. The Bertz CT molecular complexity index is 708. The van der Waals surface area contributed by atoms with Crippen LogP contribution in [0.5, 0.6) is 0 Å². The van der Waals surface area contributed by atoms with Crippen LogP contribution in [0.3, 0.4) is 0 Å². The maximum absolute atomic E-state index is 12.6. The molecule has 5 nitrogen and oxygen atoms in total. The van der Waals surface area contributed by atoms with Crippen molar-refractivity contribution >= 4 is 21.6 Å². The molecule has 0 aliphatic heterocycles. The number of carbonyl (C=O) groups excluding carboxylic acids is 1. The van der Waals surface area contributed by atoms with E-state index in [4.69, 9.17) is 0 Å². The molecule has 2 rings (SSSR count). The van der Waals surface area contributed by atoms with Crippen LogP contribution in [-0.4, -0.2) is 26.5 Å². The van der Waals surface area contributed by atoms with Crippen molar-refractivity contribution in [3.05, 3.63) is 24.3 Å². The van der Waals surface area contributed by atoms with Crippen molar-refractivity contribution in [3.63, 3.8) is 0 Å². The first-order valence-electron chi connectivity index (χ1n) is 9.19. The Hall–Kier alpha value is -1.61. The van der Waals surface area contributed by atoms with Crippen LogP contribution < -0.4 is 10.0 Å². The van der Waals surface area contributed by atoms with Gasteiger partial charge in [-0.25, -0.2) is 13.1 Å². The minimum Gasteiger partial charge on any atom is -0.318 e. The van der Waals surface area contributed by atoms with Gasteiger partial charge in [0, 0.05) is 11.7 Å². The van der Waals surface area contributed by atoms with Crippen LogP contribution in [0.4, 0.5) is 18.9 Å². The maximum atomic E-state index is 12.6. The number of rotatable bonds is 4. The van der Waals surface area contributed by atoms with Gasteiger partial charge in [0.05, 0.1) is 4.90 Å². The van der Waals surface area contributed by atoms with E-state index in [1.165, 1.54) is 31.4 Å². The number of amides is 1.